The first-order chi connectivity index (χ1) is 13.6. The van der Waals surface area contributed by atoms with E-state index in [2.05, 4.69) is 28.8 Å². The van der Waals surface area contributed by atoms with E-state index in [1.807, 2.05) is 68.4 Å². The van der Waals surface area contributed by atoms with Gasteiger partial charge in [0.05, 0.1) is 13.2 Å². The number of benzene rings is 3. The Kier molecular flexibility index (Phi) is 6.68. The standard InChI is InChI=1S/C24H26N2O2/c1-18-13-19(2)15-22(14-18)26-24(27)17-25-21-9-6-10-23(16-21)28-12-11-20-7-4-3-5-8-20/h3-10,13-16,25H,11-12,17H2,1-2H3,(H,26,27). The summed E-state index contributed by atoms with van der Waals surface area (Å²) in [7, 11) is 0. The number of hydrogen-bond donors (Lipinski definition) is 2. The number of hydrogen-bond acceptors (Lipinski definition) is 3. The second-order valence-electron chi connectivity index (χ2n) is 6.89. The normalized spacial score (nSPS) is 10.4. The number of amides is 1. The Morgan fingerprint density at radius 3 is 2.36 bits per heavy atom. The Labute approximate surface area is 166 Å². The van der Waals surface area contributed by atoms with Crippen LogP contribution in [0.4, 0.5) is 11.4 Å². The van der Waals surface area contributed by atoms with Crippen molar-refractivity contribution in [3.8, 4) is 5.75 Å². The summed E-state index contributed by atoms with van der Waals surface area (Å²) in [5, 5.41) is 6.08. The van der Waals surface area contributed by atoms with E-state index >= 15 is 0 Å². The Morgan fingerprint density at radius 2 is 1.61 bits per heavy atom. The van der Waals surface area contributed by atoms with Gasteiger partial charge in [-0.2, -0.15) is 0 Å². The largest absolute Gasteiger partial charge is 0.493 e. The Hall–Kier alpha value is -3.27. The van der Waals surface area contributed by atoms with Crippen LogP contribution in [0.5, 0.6) is 5.75 Å². The molecule has 0 bridgehead atoms. The minimum atomic E-state index is -0.0830. The number of aryl methyl sites for hydroxylation is 2. The molecule has 4 nitrogen and oxygen atoms in total. The van der Waals surface area contributed by atoms with Gasteiger partial charge in [0.2, 0.25) is 5.91 Å². The van der Waals surface area contributed by atoms with Crippen molar-refractivity contribution in [1.82, 2.24) is 0 Å². The zero-order valence-corrected chi connectivity index (χ0v) is 16.4. The summed E-state index contributed by atoms with van der Waals surface area (Å²) in [6.45, 7) is 4.84. The third-order valence-corrected chi connectivity index (χ3v) is 4.29. The van der Waals surface area contributed by atoms with Gasteiger partial charge in [-0.3, -0.25) is 4.79 Å². The van der Waals surface area contributed by atoms with Crippen LogP contribution in [0.15, 0.2) is 72.8 Å². The maximum Gasteiger partial charge on any atom is 0.243 e. The van der Waals surface area contributed by atoms with Crippen LogP contribution in [0.3, 0.4) is 0 Å². The number of anilines is 2. The fraction of sp³-hybridized carbons (Fsp3) is 0.208. The maximum atomic E-state index is 12.2. The summed E-state index contributed by atoms with van der Waals surface area (Å²) in [5.41, 5.74) is 5.18. The van der Waals surface area contributed by atoms with Crippen LogP contribution >= 0.6 is 0 Å². The Balaban J connectivity index is 1.47. The van der Waals surface area contributed by atoms with Crippen LogP contribution in [0.1, 0.15) is 16.7 Å². The van der Waals surface area contributed by atoms with Crippen LogP contribution in [-0.2, 0) is 11.2 Å². The molecule has 0 aliphatic carbocycles. The molecule has 3 rings (SSSR count). The molecule has 0 radical (unpaired) electrons. The lowest BCUT2D eigenvalue weighted by Crippen LogP contribution is -2.21. The summed E-state index contributed by atoms with van der Waals surface area (Å²) in [6, 6.07) is 23.9. The summed E-state index contributed by atoms with van der Waals surface area (Å²) in [5.74, 6) is 0.705. The molecule has 144 valence electrons. The predicted molar refractivity (Wildman–Crippen MR) is 115 cm³/mol. The highest BCUT2D eigenvalue weighted by Crippen LogP contribution is 2.18. The number of rotatable bonds is 8. The van der Waals surface area contributed by atoms with E-state index in [-0.39, 0.29) is 12.5 Å². The van der Waals surface area contributed by atoms with E-state index in [0.717, 1.165) is 34.7 Å². The van der Waals surface area contributed by atoms with Gasteiger partial charge in [-0.1, -0.05) is 42.5 Å². The molecule has 0 spiro atoms. The molecule has 0 atom stereocenters. The average Bonchev–Trinajstić information content (AvgIpc) is 2.67. The molecule has 4 heteroatoms. The van der Waals surface area contributed by atoms with E-state index in [1.54, 1.807) is 0 Å². The van der Waals surface area contributed by atoms with Crippen molar-refractivity contribution in [1.29, 1.82) is 0 Å². The van der Waals surface area contributed by atoms with Crippen LogP contribution in [0.2, 0.25) is 0 Å². The molecule has 28 heavy (non-hydrogen) atoms. The quantitative estimate of drug-likeness (QED) is 0.585. The topological polar surface area (TPSA) is 50.4 Å². The second kappa shape index (κ2) is 9.60. The first-order valence-electron chi connectivity index (χ1n) is 9.47. The highest BCUT2D eigenvalue weighted by atomic mass is 16.5. The van der Waals surface area contributed by atoms with Crippen molar-refractivity contribution in [2.45, 2.75) is 20.3 Å². The van der Waals surface area contributed by atoms with E-state index in [9.17, 15) is 4.79 Å². The molecule has 0 aliphatic rings. The average molecular weight is 374 g/mol. The summed E-state index contributed by atoms with van der Waals surface area (Å²) in [4.78, 5) is 12.2. The van der Waals surface area contributed by atoms with Crippen LogP contribution in [0.25, 0.3) is 0 Å². The third-order valence-electron chi connectivity index (χ3n) is 4.29. The minimum Gasteiger partial charge on any atom is -0.493 e. The van der Waals surface area contributed by atoms with Crippen LogP contribution in [0, 0.1) is 13.8 Å². The van der Waals surface area contributed by atoms with Crippen molar-refractivity contribution in [2.75, 3.05) is 23.8 Å². The van der Waals surface area contributed by atoms with E-state index < -0.39 is 0 Å². The molecule has 0 aromatic heterocycles. The van der Waals surface area contributed by atoms with E-state index in [0.29, 0.717) is 6.61 Å². The predicted octanol–water partition coefficient (Wildman–Crippen LogP) is 4.98. The number of ether oxygens (including phenoxy) is 1. The first-order valence-corrected chi connectivity index (χ1v) is 9.47. The summed E-state index contributed by atoms with van der Waals surface area (Å²) < 4.78 is 5.84. The minimum absolute atomic E-state index is 0.0830. The van der Waals surface area contributed by atoms with Gasteiger partial charge in [0.15, 0.2) is 0 Å². The fourth-order valence-corrected chi connectivity index (χ4v) is 3.06. The molecule has 0 heterocycles. The van der Waals surface area contributed by atoms with Gasteiger partial charge >= 0.3 is 0 Å². The van der Waals surface area contributed by atoms with Gasteiger partial charge in [0.25, 0.3) is 0 Å². The first kappa shape index (κ1) is 19.5. The molecule has 1 amide bonds. The molecule has 0 saturated heterocycles. The molecule has 2 N–H and O–H groups in total. The molecule has 0 saturated carbocycles. The van der Waals surface area contributed by atoms with Gasteiger partial charge in [-0.25, -0.2) is 0 Å². The second-order valence-corrected chi connectivity index (χ2v) is 6.89. The van der Waals surface area contributed by atoms with E-state index in [4.69, 9.17) is 4.74 Å². The molecule has 0 aliphatic heterocycles. The van der Waals surface area contributed by atoms with Crippen molar-refractivity contribution >= 4 is 17.3 Å². The SMILES string of the molecule is Cc1cc(C)cc(NC(=O)CNc2cccc(OCCc3ccccc3)c2)c1. The third kappa shape index (κ3) is 6.16. The van der Waals surface area contributed by atoms with Gasteiger partial charge in [0.1, 0.15) is 5.75 Å². The van der Waals surface area contributed by atoms with Crippen molar-refractivity contribution in [3.63, 3.8) is 0 Å². The Morgan fingerprint density at radius 1 is 0.857 bits per heavy atom. The zero-order valence-electron chi connectivity index (χ0n) is 16.4. The van der Waals surface area contributed by atoms with Gasteiger partial charge in [0, 0.05) is 23.9 Å². The lowest BCUT2D eigenvalue weighted by atomic mass is 10.1. The van der Waals surface area contributed by atoms with Crippen molar-refractivity contribution in [3.05, 3.63) is 89.5 Å². The summed E-state index contributed by atoms with van der Waals surface area (Å²) >= 11 is 0. The maximum absolute atomic E-state index is 12.2. The lowest BCUT2D eigenvalue weighted by molar-refractivity contribution is -0.114. The molecular formula is C24H26N2O2. The number of carbonyl (C=O) groups excluding carboxylic acids is 1. The highest BCUT2D eigenvalue weighted by Gasteiger charge is 2.04. The molecular weight excluding hydrogens is 348 g/mol. The fourth-order valence-electron chi connectivity index (χ4n) is 3.06. The Bertz CT molecular complexity index is 903. The van der Waals surface area contributed by atoms with Crippen molar-refractivity contribution in [2.24, 2.45) is 0 Å². The van der Waals surface area contributed by atoms with Gasteiger partial charge in [-0.05, 0) is 54.8 Å². The van der Waals surface area contributed by atoms with Crippen LogP contribution in [-0.4, -0.2) is 19.1 Å². The highest BCUT2D eigenvalue weighted by molar-refractivity contribution is 5.93. The van der Waals surface area contributed by atoms with Gasteiger partial charge < -0.3 is 15.4 Å². The van der Waals surface area contributed by atoms with Crippen molar-refractivity contribution < 1.29 is 9.53 Å². The number of carbonyl (C=O) groups is 1. The van der Waals surface area contributed by atoms with E-state index in [1.165, 1.54) is 5.56 Å². The molecule has 0 unspecified atom stereocenters. The van der Waals surface area contributed by atoms with Crippen LogP contribution < -0.4 is 15.4 Å². The summed E-state index contributed by atoms with van der Waals surface area (Å²) in [6.07, 6.45) is 0.858. The monoisotopic (exact) mass is 374 g/mol. The molecule has 0 fully saturated rings. The molecule has 3 aromatic carbocycles. The zero-order chi connectivity index (χ0) is 19.8. The van der Waals surface area contributed by atoms with Gasteiger partial charge in [-0.15, -0.1) is 0 Å². The number of nitrogens with one attached hydrogen (secondary N) is 2. The molecule has 3 aromatic rings. The lowest BCUT2D eigenvalue weighted by Gasteiger charge is -2.11. The smallest absolute Gasteiger partial charge is 0.243 e.